The molecular formula is C18H26N2O3. The molecule has 1 saturated carbocycles. The van der Waals surface area contributed by atoms with E-state index < -0.39 is 5.60 Å². The van der Waals surface area contributed by atoms with Gasteiger partial charge in [0, 0.05) is 25.2 Å². The Hall–Kier alpha value is -1.62. The first-order valence-electron chi connectivity index (χ1n) is 8.68. The van der Waals surface area contributed by atoms with Gasteiger partial charge in [-0.15, -0.1) is 0 Å². The number of carbonyl (C=O) groups is 1. The van der Waals surface area contributed by atoms with Crippen molar-refractivity contribution in [2.75, 3.05) is 19.7 Å². The molecule has 2 fully saturated rings. The molecule has 1 amide bonds. The first kappa shape index (κ1) is 16.2. The van der Waals surface area contributed by atoms with Gasteiger partial charge in [0.25, 0.3) is 5.91 Å². The topological polar surface area (TPSA) is 62.7 Å². The molecule has 3 atom stereocenters. The van der Waals surface area contributed by atoms with Crippen LogP contribution in [-0.2, 0) is 0 Å². The van der Waals surface area contributed by atoms with Crippen LogP contribution in [0.4, 0.5) is 0 Å². The maximum Gasteiger partial charge on any atom is 0.259 e. The van der Waals surface area contributed by atoms with Crippen LogP contribution in [0, 0.1) is 11.8 Å². The number of fused-ring (bicyclic) bond motifs is 1. The molecule has 1 aliphatic carbocycles. The number of rotatable bonds is 4. The van der Waals surface area contributed by atoms with Gasteiger partial charge in [-0.1, -0.05) is 13.3 Å². The Bertz CT molecular complexity index is 577. The van der Waals surface area contributed by atoms with Gasteiger partial charge in [0.2, 0.25) is 5.88 Å². The predicted molar refractivity (Wildman–Crippen MR) is 87.4 cm³/mol. The van der Waals surface area contributed by atoms with Crippen LogP contribution in [0.15, 0.2) is 18.3 Å². The van der Waals surface area contributed by atoms with Crippen LogP contribution in [0.2, 0.25) is 0 Å². The maximum absolute atomic E-state index is 12.9. The molecule has 1 aliphatic heterocycles. The molecule has 0 bridgehead atoms. The number of pyridine rings is 1. The summed E-state index contributed by atoms with van der Waals surface area (Å²) in [7, 11) is 0. The monoisotopic (exact) mass is 318 g/mol. The fraction of sp³-hybridized carbons (Fsp3) is 0.667. The number of nitrogens with zero attached hydrogens (tertiary/aromatic N) is 2. The van der Waals surface area contributed by atoms with Crippen molar-refractivity contribution in [2.24, 2.45) is 11.8 Å². The lowest BCUT2D eigenvalue weighted by Gasteiger charge is -2.40. The van der Waals surface area contributed by atoms with E-state index in [1.54, 1.807) is 18.3 Å². The van der Waals surface area contributed by atoms with Gasteiger partial charge >= 0.3 is 0 Å². The van der Waals surface area contributed by atoms with Crippen molar-refractivity contribution in [1.82, 2.24) is 9.88 Å². The minimum atomic E-state index is -0.615. The van der Waals surface area contributed by atoms with Gasteiger partial charge in [0.15, 0.2) is 0 Å². The van der Waals surface area contributed by atoms with Crippen LogP contribution in [0.5, 0.6) is 5.88 Å². The summed E-state index contributed by atoms with van der Waals surface area (Å²) in [5, 5.41) is 10.9. The molecule has 5 nitrogen and oxygen atoms in total. The van der Waals surface area contributed by atoms with Crippen molar-refractivity contribution >= 4 is 5.91 Å². The summed E-state index contributed by atoms with van der Waals surface area (Å²) in [6.07, 6.45) is 5.39. The Kier molecular flexibility index (Phi) is 4.57. The van der Waals surface area contributed by atoms with Crippen LogP contribution in [0.3, 0.4) is 0 Å². The zero-order valence-electron chi connectivity index (χ0n) is 14.0. The van der Waals surface area contributed by atoms with E-state index in [-0.39, 0.29) is 11.8 Å². The van der Waals surface area contributed by atoms with Crippen LogP contribution in [-0.4, -0.2) is 46.2 Å². The van der Waals surface area contributed by atoms with Gasteiger partial charge in [-0.3, -0.25) is 4.79 Å². The molecule has 5 heteroatoms. The molecule has 0 unspecified atom stereocenters. The van der Waals surface area contributed by atoms with E-state index in [0.717, 1.165) is 32.2 Å². The SMILES string of the molecule is CCOc1ncccc1C(=O)N1C[C@@H]2CCC[C@@](O)(CC)[C@@H]2C1. The summed E-state index contributed by atoms with van der Waals surface area (Å²) in [6.45, 7) is 5.77. The van der Waals surface area contributed by atoms with Crippen molar-refractivity contribution in [3.05, 3.63) is 23.9 Å². The van der Waals surface area contributed by atoms with Crippen molar-refractivity contribution in [1.29, 1.82) is 0 Å². The molecule has 1 saturated heterocycles. The Morgan fingerprint density at radius 2 is 2.30 bits per heavy atom. The maximum atomic E-state index is 12.9. The molecular weight excluding hydrogens is 292 g/mol. The van der Waals surface area contributed by atoms with E-state index >= 15 is 0 Å². The second-order valence-corrected chi connectivity index (χ2v) is 6.72. The van der Waals surface area contributed by atoms with E-state index in [2.05, 4.69) is 4.98 Å². The van der Waals surface area contributed by atoms with E-state index in [4.69, 9.17) is 4.74 Å². The van der Waals surface area contributed by atoms with Gasteiger partial charge < -0.3 is 14.7 Å². The summed E-state index contributed by atoms with van der Waals surface area (Å²) in [5.41, 5.74) is -0.0941. The highest BCUT2D eigenvalue weighted by atomic mass is 16.5. The van der Waals surface area contributed by atoms with Gasteiger partial charge in [-0.2, -0.15) is 0 Å². The van der Waals surface area contributed by atoms with Crippen molar-refractivity contribution < 1.29 is 14.6 Å². The number of amides is 1. The molecule has 3 rings (SSSR count). The minimum Gasteiger partial charge on any atom is -0.477 e. The number of aliphatic hydroxyl groups is 1. The van der Waals surface area contributed by atoms with E-state index in [9.17, 15) is 9.90 Å². The summed E-state index contributed by atoms with van der Waals surface area (Å²) in [4.78, 5) is 19.0. The zero-order chi connectivity index (χ0) is 16.4. The highest BCUT2D eigenvalue weighted by Gasteiger charge is 2.48. The quantitative estimate of drug-likeness (QED) is 0.926. The fourth-order valence-corrected chi connectivity index (χ4v) is 4.21. The predicted octanol–water partition coefficient (Wildman–Crippen LogP) is 2.49. The van der Waals surface area contributed by atoms with Crippen molar-refractivity contribution in [3.63, 3.8) is 0 Å². The number of likely N-dealkylation sites (tertiary alicyclic amines) is 1. The Labute approximate surface area is 137 Å². The number of hydrogen-bond acceptors (Lipinski definition) is 4. The van der Waals surface area contributed by atoms with Gasteiger partial charge in [0.05, 0.1) is 12.2 Å². The fourth-order valence-electron chi connectivity index (χ4n) is 4.21. The Morgan fingerprint density at radius 3 is 3.04 bits per heavy atom. The van der Waals surface area contributed by atoms with Gasteiger partial charge in [-0.25, -0.2) is 4.98 Å². The first-order valence-corrected chi connectivity index (χ1v) is 8.68. The molecule has 23 heavy (non-hydrogen) atoms. The Balaban J connectivity index is 1.80. The van der Waals surface area contributed by atoms with E-state index in [1.165, 1.54) is 0 Å². The molecule has 2 heterocycles. The minimum absolute atomic E-state index is 0.0330. The van der Waals surface area contributed by atoms with Gasteiger partial charge in [-0.05, 0) is 44.2 Å². The van der Waals surface area contributed by atoms with Crippen molar-refractivity contribution in [3.8, 4) is 5.88 Å². The third-order valence-corrected chi connectivity index (χ3v) is 5.50. The average molecular weight is 318 g/mol. The third-order valence-electron chi connectivity index (χ3n) is 5.50. The lowest BCUT2D eigenvalue weighted by atomic mass is 9.69. The molecule has 0 spiro atoms. The molecule has 1 aromatic rings. The lowest BCUT2D eigenvalue weighted by Crippen LogP contribution is -2.44. The van der Waals surface area contributed by atoms with E-state index in [1.807, 2.05) is 18.7 Å². The first-order chi connectivity index (χ1) is 11.1. The van der Waals surface area contributed by atoms with Crippen molar-refractivity contribution in [2.45, 2.75) is 45.1 Å². The molecule has 0 aromatic carbocycles. The summed E-state index contributed by atoms with van der Waals surface area (Å²) < 4.78 is 5.49. The van der Waals surface area contributed by atoms with Gasteiger partial charge in [0.1, 0.15) is 5.56 Å². The molecule has 0 radical (unpaired) electrons. The largest absolute Gasteiger partial charge is 0.477 e. The standard InChI is InChI=1S/C18H26N2O3/c1-3-18(22)9-5-7-13-11-20(12-15(13)18)17(21)14-8-6-10-19-16(14)23-4-2/h6,8,10,13,15,22H,3-5,7,9,11-12H2,1-2H3/t13-,15+,18-/m0/s1. The van der Waals surface area contributed by atoms with Crippen LogP contribution in [0.25, 0.3) is 0 Å². The van der Waals surface area contributed by atoms with E-state index in [0.29, 0.717) is 30.5 Å². The number of ether oxygens (including phenoxy) is 1. The normalized spacial score (nSPS) is 30.1. The highest BCUT2D eigenvalue weighted by Crippen LogP contribution is 2.44. The summed E-state index contributed by atoms with van der Waals surface area (Å²) in [5.74, 6) is 0.970. The second kappa shape index (κ2) is 6.48. The van der Waals surface area contributed by atoms with Crippen LogP contribution >= 0.6 is 0 Å². The zero-order valence-corrected chi connectivity index (χ0v) is 14.0. The lowest BCUT2D eigenvalue weighted by molar-refractivity contribution is -0.0609. The highest BCUT2D eigenvalue weighted by molar-refractivity contribution is 5.96. The molecule has 1 aromatic heterocycles. The van der Waals surface area contributed by atoms with Crippen LogP contribution < -0.4 is 4.74 Å². The molecule has 2 aliphatic rings. The third kappa shape index (κ3) is 2.94. The van der Waals surface area contributed by atoms with Crippen LogP contribution in [0.1, 0.15) is 49.9 Å². The second-order valence-electron chi connectivity index (χ2n) is 6.72. The Morgan fingerprint density at radius 1 is 1.48 bits per heavy atom. The average Bonchev–Trinajstić information content (AvgIpc) is 3.01. The molecule has 1 N–H and O–H groups in total. The number of aromatic nitrogens is 1. The molecule has 126 valence electrons. The summed E-state index contributed by atoms with van der Waals surface area (Å²) >= 11 is 0. The summed E-state index contributed by atoms with van der Waals surface area (Å²) in [6, 6.07) is 3.54. The smallest absolute Gasteiger partial charge is 0.259 e. The number of carbonyl (C=O) groups excluding carboxylic acids is 1. The number of hydrogen-bond donors (Lipinski definition) is 1.